The molecule has 6 heteroatoms. The van der Waals surface area contributed by atoms with Gasteiger partial charge in [0.1, 0.15) is 17.1 Å². The van der Waals surface area contributed by atoms with Gasteiger partial charge in [-0.3, -0.25) is 4.79 Å². The van der Waals surface area contributed by atoms with Crippen molar-refractivity contribution in [2.45, 2.75) is 26.9 Å². The highest BCUT2D eigenvalue weighted by Crippen LogP contribution is 2.20. The van der Waals surface area contributed by atoms with Crippen molar-refractivity contribution in [1.29, 1.82) is 0 Å². The smallest absolute Gasteiger partial charge is 0.342 e. The standard InChI is InChI=1S/C19H21NO5/c1-4-24-15-8-6-14(7-9-15)20-18(22)13(3)25-19(23)16-10-5-12(2)11-17(16)21/h5-11,13,21H,4H2,1-3H3,(H,20,22)/t13-/m0/s1. The maximum absolute atomic E-state index is 12.1. The van der Waals surface area contributed by atoms with Crippen LogP contribution in [0.1, 0.15) is 29.8 Å². The molecule has 0 unspecified atom stereocenters. The summed E-state index contributed by atoms with van der Waals surface area (Å²) in [5, 5.41) is 12.5. The molecule has 0 saturated carbocycles. The number of aromatic hydroxyl groups is 1. The maximum atomic E-state index is 12.1. The zero-order valence-electron chi connectivity index (χ0n) is 14.4. The van der Waals surface area contributed by atoms with Crippen molar-refractivity contribution in [3.63, 3.8) is 0 Å². The summed E-state index contributed by atoms with van der Waals surface area (Å²) in [4.78, 5) is 24.2. The van der Waals surface area contributed by atoms with Crippen LogP contribution >= 0.6 is 0 Å². The van der Waals surface area contributed by atoms with Gasteiger partial charge in [-0.05, 0) is 62.7 Å². The van der Waals surface area contributed by atoms with E-state index < -0.39 is 18.0 Å². The molecule has 1 amide bonds. The Hall–Kier alpha value is -3.02. The minimum absolute atomic E-state index is 0.0197. The van der Waals surface area contributed by atoms with E-state index in [1.54, 1.807) is 37.3 Å². The summed E-state index contributed by atoms with van der Waals surface area (Å²) < 4.78 is 10.4. The molecule has 0 heterocycles. The lowest BCUT2D eigenvalue weighted by molar-refractivity contribution is -0.123. The van der Waals surface area contributed by atoms with Crippen LogP contribution < -0.4 is 10.1 Å². The van der Waals surface area contributed by atoms with Crippen LogP contribution in [0.3, 0.4) is 0 Å². The highest BCUT2D eigenvalue weighted by molar-refractivity contribution is 5.98. The first-order valence-electron chi connectivity index (χ1n) is 7.95. The second-order valence-corrected chi connectivity index (χ2v) is 5.51. The molecule has 0 radical (unpaired) electrons. The number of hydrogen-bond acceptors (Lipinski definition) is 5. The molecule has 0 saturated heterocycles. The van der Waals surface area contributed by atoms with E-state index in [1.807, 2.05) is 6.92 Å². The van der Waals surface area contributed by atoms with Crippen LogP contribution in [0.15, 0.2) is 42.5 Å². The average molecular weight is 343 g/mol. The van der Waals surface area contributed by atoms with E-state index in [2.05, 4.69) is 5.32 Å². The van der Waals surface area contributed by atoms with E-state index in [-0.39, 0.29) is 11.3 Å². The Balaban J connectivity index is 1.96. The topological polar surface area (TPSA) is 84.9 Å². The fraction of sp³-hybridized carbons (Fsp3) is 0.263. The first kappa shape index (κ1) is 18.3. The third kappa shape index (κ3) is 4.97. The second-order valence-electron chi connectivity index (χ2n) is 5.51. The van der Waals surface area contributed by atoms with Crippen LogP contribution in [-0.4, -0.2) is 29.7 Å². The largest absolute Gasteiger partial charge is 0.507 e. The van der Waals surface area contributed by atoms with Gasteiger partial charge in [-0.25, -0.2) is 4.79 Å². The van der Waals surface area contributed by atoms with E-state index in [4.69, 9.17) is 9.47 Å². The Morgan fingerprint density at radius 1 is 1.16 bits per heavy atom. The first-order chi connectivity index (χ1) is 11.9. The number of hydrogen-bond donors (Lipinski definition) is 2. The number of amides is 1. The summed E-state index contributed by atoms with van der Waals surface area (Å²) >= 11 is 0. The van der Waals surface area contributed by atoms with Crippen molar-refractivity contribution in [3.8, 4) is 11.5 Å². The number of carbonyl (C=O) groups excluding carboxylic acids is 2. The van der Waals surface area contributed by atoms with Gasteiger partial charge in [-0.15, -0.1) is 0 Å². The van der Waals surface area contributed by atoms with Gasteiger partial charge < -0.3 is 19.9 Å². The molecule has 2 aromatic rings. The van der Waals surface area contributed by atoms with Crippen LogP contribution in [0, 0.1) is 6.92 Å². The fourth-order valence-electron chi connectivity index (χ4n) is 2.14. The number of phenolic OH excluding ortho intramolecular Hbond substituents is 1. The minimum Gasteiger partial charge on any atom is -0.507 e. The summed E-state index contributed by atoms with van der Waals surface area (Å²) in [6.45, 7) is 5.71. The Bertz CT molecular complexity index is 755. The van der Waals surface area contributed by atoms with Crippen molar-refractivity contribution in [2.24, 2.45) is 0 Å². The zero-order chi connectivity index (χ0) is 18.4. The van der Waals surface area contributed by atoms with Gasteiger partial charge in [0.25, 0.3) is 5.91 Å². The van der Waals surface area contributed by atoms with Gasteiger partial charge in [0, 0.05) is 5.69 Å². The Morgan fingerprint density at radius 3 is 2.44 bits per heavy atom. The molecule has 2 rings (SSSR count). The number of phenols is 1. The molecule has 2 N–H and O–H groups in total. The molecule has 6 nitrogen and oxygen atoms in total. The number of benzene rings is 2. The zero-order valence-corrected chi connectivity index (χ0v) is 14.4. The number of rotatable bonds is 6. The molecule has 0 spiro atoms. The van der Waals surface area contributed by atoms with Crippen LogP contribution in [-0.2, 0) is 9.53 Å². The molecule has 0 aromatic heterocycles. The van der Waals surface area contributed by atoms with Gasteiger partial charge in [0.15, 0.2) is 6.10 Å². The van der Waals surface area contributed by atoms with Crippen molar-refractivity contribution >= 4 is 17.6 Å². The van der Waals surface area contributed by atoms with Gasteiger partial charge in [0.05, 0.1) is 6.61 Å². The fourth-order valence-corrected chi connectivity index (χ4v) is 2.14. The Kier molecular flexibility index (Phi) is 6.00. The minimum atomic E-state index is -1.01. The summed E-state index contributed by atoms with van der Waals surface area (Å²) in [7, 11) is 0. The molecule has 2 aromatic carbocycles. The normalized spacial score (nSPS) is 11.5. The average Bonchev–Trinajstić information content (AvgIpc) is 2.56. The van der Waals surface area contributed by atoms with Crippen molar-refractivity contribution < 1.29 is 24.2 Å². The van der Waals surface area contributed by atoms with Crippen LogP contribution in [0.4, 0.5) is 5.69 Å². The van der Waals surface area contributed by atoms with E-state index >= 15 is 0 Å². The lowest BCUT2D eigenvalue weighted by atomic mass is 10.1. The maximum Gasteiger partial charge on any atom is 0.342 e. The highest BCUT2D eigenvalue weighted by Gasteiger charge is 2.21. The van der Waals surface area contributed by atoms with E-state index in [9.17, 15) is 14.7 Å². The predicted octanol–water partition coefficient (Wildman–Crippen LogP) is 3.28. The molecule has 25 heavy (non-hydrogen) atoms. The summed E-state index contributed by atoms with van der Waals surface area (Å²) in [6, 6.07) is 11.5. The van der Waals surface area contributed by atoms with Gasteiger partial charge >= 0.3 is 5.97 Å². The predicted molar refractivity (Wildman–Crippen MR) is 94.0 cm³/mol. The van der Waals surface area contributed by atoms with Crippen LogP contribution in [0.2, 0.25) is 0 Å². The Labute approximate surface area is 146 Å². The third-order valence-electron chi connectivity index (χ3n) is 3.46. The number of carbonyl (C=O) groups is 2. The lowest BCUT2D eigenvalue weighted by Crippen LogP contribution is -2.30. The molecular weight excluding hydrogens is 322 g/mol. The SMILES string of the molecule is CCOc1ccc(NC(=O)[C@H](C)OC(=O)c2ccc(C)cc2O)cc1. The second kappa shape index (κ2) is 8.19. The third-order valence-corrected chi connectivity index (χ3v) is 3.46. The highest BCUT2D eigenvalue weighted by atomic mass is 16.5. The summed E-state index contributed by atoms with van der Waals surface area (Å²) in [5.41, 5.74) is 1.40. The van der Waals surface area contributed by atoms with Crippen LogP contribution in [0.25, 0.3) is 0 Å². The molecule has 132 valence electrons. The summed E-state index contributed by atoms with van der Waals surface area (Å²) in [6.07, 6.45) is -1.01. The lowest BCUT2D eigenvalue weighted by Gasteiger charge is -2.14. The molecule has 1 atom stereocenters. The molecule has 0 aliphatic carbocycles. The number of anilines is 1. The van der Waals surface area contributed by atoms with E-state index in [1.165, 1.54) is 19.1 Å². The van der Waals surface area contributed by atoms with Gasteiger partial charge in [-0.1, -0.05) is 6.07 Å². The monoisotopic (exact) mass is 343 g/mol. The number of nitrogens with one attached hydrogen (secondary N) is 1. The van der Waals surface area contributed by atoms with Crippen LogP contribution in [0.5, 0.6) is 11.5 Å². The number of esters is 1. The molecule has 0 fully saturated rings. The molecule has 0 aliphatic heterocycles. The number of ether oxygens (including phenoxy) is 2. The number of aryl methyl sites for hydroxylation is 1. The molecule has 0 bridgehead atoms. The van der Waals surface area contributed by atoms with E-state index in [0.29, 0.717) is 18.0 Å². The van der Waals surface area contributed by atoms with Gasteiger partial charge in [0.2, 0.25) is 0 Å². The first-order valence-corrected chi connectivity index (χ1v) is 7.95. The summed E-state index contributed by atoms with van der Waals surface area (Å²) in [5.74, 6) is -0.699. The van der Waals surface area contributed by atoms with Crippen molar-refractivity contribution in [1.82, 2.24) is 0 Å². The van der Waals surface area contributed by atoms with Crippen molar-refractivity contribution in [3.05, 3.63) is 53.6 Å². The Morgan fingerprint density at radius 2 is 1.84 bits per heavy atom. The molecular formula is C19H21NO5. The van der Waals surface area contributed by atoms with Gasteiger partial charge in [-0.2, -0.15) is 0 Å². The van der Waals surface area contributed by atoms with E-state index in [0.717, 1.165) is 5.56 Å². The van der Waals surface area contributed by atoms with Crippen molar-refractivity contribution in [2.75, 3.05) is 11.9 Å². The molecule has 0 aliphatic rings. The quantitative estimate of drug-likeness (QED) is 0.786.